The van der Waals surface area contributed by atoms with Gasteiger partial charge in [0, 0.05) is 6.04 Å². The second-order valence-electron chi connectivity index (χ2n) is 3.10. The van der Waals surface area contributed by atoms with Crippen LogP contribution in [0.1, 0.15) is 33.1 Å². The Labute approximate surface area is 57.8 Å². The molecule has 1 saturated heterocycles. The minimum absolute atomic E-state index is 0.802. The molecule has 0 aromatic carbocycles. The first-order valence-electron chi connectivity index (χ1n) is 4.08. The highest BCUT2D eigenvalue weighted by Crippen LogP contribution is 2.18. The van der Waals surface area contributed by atoms with Crippen LogP contribution >= 0.6 is 0 Å². The summed E-state index contributed by atoms with van der Waals surface area (Å²) in [5.74, 6) is 0.991. The van der Waals surface area contributed by atoms with Crippen molar-refractivity contribution in [2.75, 3.05) is 6.54 Å². The largest absolute Gasteiger partial charge is 0.314 e. The molecule has 0 bridgehead atoms. The molecule has 0 amide bonds. The molecule has 1 aliphatic rings. The smallest absolute Gasteiger partial charge is 0.00792 e. The molecule has 1 fully saturated rings. The Morgan fingerprint density at radius 2 is 2.33 bits per heavy atom. The zero-order valence-electron chi connectivity index (χ0n) is 6.48. The highest BCUT2D eigenvalue weighted by atomic mass is 15.0. The van der Waals surface area contributed by atoms with Gasteiger partial charge in [0.15, 0.2) is 0 Å². The average molecular weight is 127 g/mol. The Hall–Kier alpha value is -0.0400. The summed E-state index contributed by atoms with van der Waals surface area (Å²) in [6.45, 7) is 5.81. The molecule has 1 N–H and O–H groups in total. The van der Waals surface area contributed by atoms with Crippen LogP contribution in [0.2, 0.25) is 0 Å². The highest BCUT2D eigenvalue weighted by Gasteiger charge is 2.24. The summed E-state index contributed by atoms with van der Waals surface area (Å²) in [6.07, 6.45) is 4.20. The Bertz CT molecular complexity index is 80.6. The van der Waals surface area contributed by atoms with Crippen molar-refractivity contribution in [3.05, 3.63) is 0 Å². The van der Waals surface area contributed by atoms with E-state index in [1.807, 2.05) is 0 Å². The van der Waals surface area contributed by atoms with Crippen molar-refractivity contribution in [1.29, 1.82) is 0 Å². The van der Waals surface area contributed by atoms with Crippen LogP contribution in [0.5, 0.6) is 0 Å². The summed E-state index contributed by atoms with van der Waals surface area (Å²) in [5.41, 5.74) is 0. The Balaban J connectivity index is 1.99. The van der Waals surface area contributed by atoms with Crippen LogP contribution < -0.4 is 5.32 Å². The van der Waals surface area contributed by atoms with Crippen LogP contribution in [0, 0.1) is 5.92 Å². The fraction of sp³-hybridized carbons (Fsp3) is 1.00. The molecular formula is C8H17N. The van der Waals surface area contributed by atoms with Gasteiger partial charge in [-0.1, -0.05) is 19.8 Å². The predicted molar refractivity (Wildman–Crippen MR) is 40.5 cm³/mol. The molecule has 2 unspecified atom stereocenters. The molecule has 0 aromatic rings. The molecule has 1 heteroatoms. The van der Waals surface area contributed by atoms with Gasteiger partial charge in [0.05, 0.1) is 0 Å². The molecule has 1 rings (SSSR count). The number of hydrogen-bond donors (Lipinski definition) is 1. The van der Waals surface area contributed by atoms with Gasteiger partial charge in [0.25, 0.3) is 0 Å². The summed E-state index contributed by atoms with van der Waals surface area (Å²) in [4.78, 5) is 0. The minimum atomic E-state index is 0.802. The van der Waals surface area contributed by atoms with E-state index in [2.05, 4.69) is 19.2 Å². The third kappa shape index (κ3) is 1.68. The maximum Gasteiger partial charge on any atom is 0.00792 e. The van der Waals surface area contributed by atoms with Gasteiger partial charge in [-0.25, -0.2) is 0 Å². The molecule has 1 aliphatic heterocycles. The van der Waals surface area contributed by atoms with E-state index in [9.17, 15) is 0 Å². The van der Waals surface area contributed by atoms with Crippen molar-refractivity contribution in [3.63, 3.8) is 0 Å². The highest BCUT2D eigenvalue weighted by molar-refractivity contribution is 4.83. The first-order valence-corrected chi connectivity index (χ1v) is 4.08. The van der Waals surface area contributed by atoms with Crippen molar-refractivity contribution >= 4 is 0 Å². The maximum absolute atomic E-state index is 3.37. The fourth-order valence-electron chi connectivity index (χ4n) is 1.34. The van der Waals surface area contributed by atoms with Gasteiger partial charge < -0.3 is 5.32 Å². The summed E-state index contributed by atoms with van der Waals surface area (Å²) >= 11 is 0. The lowest BCUT2D eigenvalue weighted by Crippen LogP contribution is -2.50. The monoisotopic (exact) mass is 127 g/mol. The van der Waals surface area contributed by atoms with Crippen LogP contribution in [-0.2, 0) is 0 Å². The fourth-order valence-corrected chi connectivity index (χ4v) is 1.34. The van der Waals surface area contributed by atoms with Gasteiger partial charge in [-0.05, 0) is 25.8 Å². The number of hydrogen-bond acceptors (Lipinski definition) is 1. The molecule has 1 nitrogen and oxygen atoms in total. The first kappa shape index (κ1) is 7.07. The van der Waals surface area contributed by atoms with E-state index in [1.54, 1.807) is 0 Å². The summed E-state index contributed by atoms with van der Waals surface area (Å²) < 4.78 is 0. The first-order chi connectivity index (χ1) is 4.34. The van der Waals surface area contributed by atoms with E-state index in [0.29, 0.717) is 0 Å². The number of rotatable bonds is 3. The molecular weight excluding hydrogens is 110 g/mol. The molecule has 9 heavy (non-hydrogen) atoms. The third-order valence-electron chi connectivity index (χ3n) is 2.34. The maximum atomic E-state index is 3.37. The van der Waals surface area contributed by atoms with Crippen LogP contribution in [0.15, 0.2) is 0 Å². The Morgan fingerprint density at radius 3 is 2.67 bits per heavy atom. The predicted octanol–water partition coefficient (Wildman–Crippen LogP) is 1.78. The van der Waals surface area contributed by atoms with Crippen LogP contribution in [0.3, 0.4) is 0 Å². The quantitative estimate of drug-likeness (QED) is 0.609. The summed E-state index contributed by atoms with van der Waals surface area (Å²) in [5, 5.41) is 3.37. The van der Waals surface area contributed by atoms with E-state index in [1.165, 1.54) is 25.8 Å². The van der Waals surface area contributed by atoms with Crippen molar-refractivity contribution in [2.45, 2.75) is 39.2 Å². The zero-order chi connectivity index (χ0) is 6.69. The van der Waals surface area contributed by atoms with E-state index in [4.69, 9.17) is 0 Å². The van der Waals surface area contributed by atoms with E-state index >= 15 is 0 Å². The molecule has 1 heterocycles. The molecule has 0 saturated carbocycles. The second kappa shape index (κ2) is 3.21. The summed E-state index contributed by atoms with van der Waals surface area (Å²) in [7, 11) is 0. The number of nitrogens with one attached hydrogen (secondary N) is 1. The van der Waals surface area contributed by atoms with Crippen LogP contribution in [-0.4, -0.2) is 12.6 Å². The van der Waals surface area contributed by atoms with Gasteiger partial charge in [0.1, 0.15) is 0 Å². The normalized spacial score (nSPS) is 34.0. The lowest BCUT2D eigenvalue weighted by Gasteiger charge is -2.35. The molecule has 0 spiro atoms. The molecule has 54 valence electrons. The standard InChI is InChI=1S/C8H17N/c1-3-4-5-8-6-9-7(8)2/h7-9H,3-6H2,1-2H3. The van der Waals surface area contributed by atoms with Crippen LogP contribution in [0.4, 0.5) is 0 Å². The number of unbranched alkanes of at least 4 members (excludes halogenated alkanes) is 1. The summed E-state index contributed by atoms with van der Waals surface area (Å²) in [6, 6.07) is 0.802. The van der Waals surface area contributed by atoms with Gasteiger partial charge in [0.2, 0.25) is 0 Å². The van der Waals surface area contributed by atoms with Gasteiger partial charge in [-0.3, -0.25) is 0 Å². The van der Waals surface area contributed by atoms with Crippen molar-refractivity contribution < 1.29 is 0 Å². The topological polar surface area (TPSA) is 12.0 Å². The van der Waals surface area contributed by atoms with Gasteiger partial charge >= 0.3 is 0 Å². The van der Waals surface area contributed by atoms with Gasteiger partial charge in [-0.2, -0.15) is 0 Å². The molecule has 2 atom stereocenters. The van der Waals surface area contributed by atoms with Crippen molar-refractivity contribution in [2.24, 2.45) is 5.92 Å². The Morgan fingerprint density at radius 1 is 1.56 bits per heavy atom. The Kier molecular flexibility index (Phi) is 2.52. The lowest BCUT2D eigenvalue weighted by atomic mass is 9.88. The van der Waals surface area contributed by atoms with E-state index in [-0.39, 0.29) is 0 Å². The van der Waals surface area contributed by atoms with Crippen molar-refractivity contribution in [3.8, 4) is 0 Å². The lowest BCUT2D eigenvalue weighted by molar-refractivity contribution is 0.231. The van der Waals surface area contributed by atoms with Crippen LogP contribution in [0.25, 0.3) is 0 Å². The van der Waals surface area contributed by atoms with Crippen molar-refractivity contribution in [1.82, 2.24) is 5.32 Å². The van der Waals surface area contributed by atoms with Gasteiger partial charge in [-0.15, -0.1) is 0 Å². The molecule has 0 aliphatic carbocycles. The molecule has 0 radical (unpaired) electrons. The van der Waals surface area contributed by atoms with E-state index < -0.39 is 0 Å². The zero-order valence-corrected chi connectivity index (χ0v) is 6.48. The minimum Gasteiger partial charge on any atom is -0.314 e. The molecule has 0 aromatic heterocycles. The van der Waals surface area contributed by atoms with E-state index in [0.717, 1.165) is 12.0 Å². The second-order valence-corrected chi connectivity index (χ2v) is 3.10. The third-order valence-corrected chi connectivity index (χ3v) is 2.34. The average Bonchev–Trinajstić information content (AvgIpc) is 1.86. The SMILES string of the molecule is CCCCC1CNC1C.